The summed E-state index contributed by atoms with van der Waals surface area (Å²) in [5.41, 5.74) is 1.65. The van der Waals surface area contributed by atoms with Crippen molar-refractivity contribution in [3.05, 3.63) is 94.7 Å². The average molecular weight is 466 g/mol. The Labute approximate surface area is 194 Å². The Kier molecular flexibility index (Phi) is 5.91. The summed E-state index contributed by atoms with van der Waals surface area (Å²) in [6, 6.07) is 16.4. The Morgan fingerprint density at radius 2 is 1.53 bits per heavy atom. The molecule has 0 atom stereocenters. The second kappa shape index (κ2) is 8.70. The number of hydrogen-bond donors (Lipinski definition) is 1. The van der Waals surface area contributed by atoms with Crippen molar-refractivity contribution < 1.29 is 27.5 Å². The smallest absolute Gasteiger partial charge is 0.416 e. The van der Waals surface area contributed by atoms with Crippen LogP contribution in [0.25, 0.3) is 5.57 Å². The number of nitrogens with one attached hydrogen (secondary N) is 1. The fourth-order valence-electron chi connectivity index (χ4n) is 3.74. The maximum Gasteiger partial charge on any atom is 0.416 e. The van der Waals surface area contributed by atoms with E-state index in [9.17, 15) is 22.8 Å². The molecule has 0 saturated carbocycles. The van der Waals surface area contributed by atoms with E-state index in [1.807, 2.05) is 19.9 Å². The van der Waals surface area contributed by atoms with Crippen LogP contribution < -0.4 is 15.0 Å². The molecular weight excluding hydrogens is 445 g/mol. The second-order valence-corrected chi connectivity index (χ2v) is 7.94. The normalized spacial score (nSPS) is 14.1. The number of amides is 2. The Balaban J connectivity index is 1.85. The predicted octanol–water partition coefficient (Wildman–Crippen LogP) is 5.73. The second-order valence-electron chi connectivity index (χ2n) is 7.94. The molecule has 0 unspecified atom stereocenters. The molecule has 3 aromatic rings. The Hall–Kier alpha value is -4.07. The molecule has 1 aliphatic heterocycles. The molecule has 0 aliphatic carbocycles. The molecular formula is C26H21F3N2O3. The number of hydrogen-bond acceptors (Lipinski definition) is 4. The molecule has 0 aromatic heterocycles. The summed E-state index contributed by atoms with van der Waals surface area (Å²) in [6.45, 7) is 3.74. The molecule has 1 heterocycles. The lowest BCUT2D eigenvalue weighted by molar-refractivity contribution is -0.137. The van der Waals surface area contributed by atoms with Gasteiger partial charge in [-0.15, -0.1) is 0 Å². The molecule has 0 bridgehead atoms. The number of halogens is 3. The first-order chi connectivity index (χ1) is 16.1. The number of aryl methyl sites for hydroxylation is 2. The predicted molar refractivity (Wildman–Crippen MR) is 123 cm³/mol. The van der Waals surface area contributed by atoms with Crippen molar-refractivity contribution >= 4 is 28.8 Å². The summed E-state index contributed by atoms with van der Waals surface area (Å²) in [5, 5.41) is 3.01. The maximum absolute atomic E-state index is 13.5. The number of ether oxygens (including phenoxy) is 1. The van der Waals surface area contributed by atoms with Crippen LogP contribution in [0.15, 0.2) is 72.4 Å². The third kappa shape index (κ3) is 4.26. The van der Waals surface area contributed by atoms with E-state index in [4.69, 9.17) is 4.74 Å². The fourth-order valence-corrected chi connectivity index (χ4v) is 3.74. The third-order valence-corrected chi connectivity index (χ3v) is 5.47. The quantitative estimate of drug-likeness (QED) is 0.488. The summed E-state index contributed by atoms with van der Waals surface area (Å²) in [6.07, 6.45) is -4.62. The van der Waals surface area contributed by atoms with Gasteiger partial charge in [-0.2, -0.15) is 13.2 Å². The summed E-state index contributed by atoms with van der Waals surface area (Å²) < 4.78 is 45.2. The Bertz CT molecular complexity index is 1310. The molecule has 2 amide bonds. The van der Waals surface area contributed by atoms with Gasteiger partial charge in [0, 0.05) is 0 Å². The minimum atomic E-state index is -4.62. The van der Waals surface area contributed by atoms with Gasteiger partial charge >= 0.3 is 6.18 Å². The van der Waals surface area contributed by atoms with Crippen molar-refractivity contribution in [3.63, 3.8) is 0 Å². The molecule has 5 nitrogen and oxygen atoms in total. The van der Waals surface area contributed by atoms with E-state index in [0.717, 1.165) is 28.2 Å². The first-order valence-electron chi connectivity index (χ1n) is 10.4. The highest BCUT2D eigenvalue weighted by Crippen LogP contribution is 2.38. The summed E-state index contributed by atoms with van der Waals surface area (Å²) in [7, 11) is 1.47. The number of anilines is 2. The van der Waals surface area contributed by atoms with Gasteiger partial charge in [0.25, 0.3) is 11.8 Å². The minimum absolute atomic E-state index is 0.0461. The summed E-state index contributed by atoms with van der Waals surface area (Å²) >= 11 is 0. The first-order valence-corrected chi connectivity index (χ1v) is 10.4. The van der Waals surface area contributed by atoms with E-state index in [-0.39, 0.29) is 17.0 Å². The zero-order valence-electron chi connectivity index (χ0n) is 18.7. The van der Waals surface area contributed by atoms with Gasteiger partial charge in [-0.3, -0.25) is 9.59 Å². The number of nitrogens with zero attached hydrogens (tertiary/aromatic N) is 1. The molecule has 174 valence electrons. The zero-order valence-corrected chi connectivity index (χ0v) is 18.7. The van der Waals surface area contributed by atoms with Gasteiger partial charge in [-0.25, -0.2) is 4.90 Å². The number of rotatable bonds is 5. The van der Waals surface area contributed by atoms with Crippen LogP contribution in [0.5, 0.6) is 5.75 Å². The van der Waals surface area contributed by atoms with E-state index in [1.165, 1.54) is 19.2 Å². The van der Waals surface area contributed by atoms with Crippen LogP contribution in [0.1, 0.15) is 22.3 Å². The molecule has 4 rings (SSSR count). The molecule has 0 saturated heterocycles. The molecule has 34 heavy (non-hydrogen) atoms. The first kappa shape index (κ1) is 23.1. The highest BCUT2D eigenvalue weighted by Gasteiger charge is 2.41. The van der Waals surface area contributed by atoms with Crippen molar-refractivity contribution in [2.24, 2.45) is 0 Å². The van der Waals surface area contributed by atoms with Crippen LogP contribution in [-0.2, 0) is 15.8 Å². The standard InChI is InChI=1S/C26H21F3N2O3/c1-15-7-10-17(11-8-15)22-23(30-20-13-16(2)9-12-21(20)34-3)25(33)31(24(22)32)19-6-4-5-18(14-19)26(27,28)29/h4-14,30H,1-3H3. The molecule has 0 fully saturated rings. The van der Waals surface area contributed by atoms with E-state index in [1.54, 1.807) is 36.4 Å². The summed E-state index contributed by atoms with van der Waals surface area (Å²) in [5.74, 6) is -1.04. The number of methoxy groups -OCH3 is 1. The number of alkyl halides is 3. The molecule has 3 aromatic carbocycles. The number of benzene rings is 3. The third-order valence-electron chi connectivity index (χ3n) is 5.47. The lowest BCUT2D eigenvalue weighted by atomic mass is 10.0. The van der Waals surface area contributed by atoms with Crippen LogP contribution in [-0.4, -0.2) is 18.9 Å². The molecule has 0 spiro atoms. The van der Waals surface area contributed by atoms with Gasteiger partial charge in [0.15, 0.2) is 0 Å². The van der Waals surface area contributed by atoms with E-state index >= 15 is 0 Å². The Morgan fingerprint density at radius 1 is 0.853 bits per heavy atom. The monoisotopic (exact) mass is 466 g/mol. The molecule has 1 aliphatic rings. The number of imide groups is 1. The van der Waals surface area contributed by atoms with Crippen molar-refractivity contribution in [3.8, 4) is 5.75 Å². The van der Waals surface area contributed by atoms with Crippen LogP contribution in [0.2, 0.25) is 0 Å². The van der Waals surface area contributed by atoms with Crippen molar-refractivity contribution in [1.82, 2.24) is 0 Å². The van der Waals surface area contributed by atoms with E-state index in [0.29, 0.717) is 17.0 Å². The van der Waals surface area contributed by atoms with E-state index < -0.39 is 23.6 Å². The van der Waals surface area contributed by atoms with Gasteiger partial charge in [0.2, 0.25) is 0 Å². The zero-order chi connectivity index (χ0) is 24.6. The van der Waals surface area contributed by atoms with Crippen LogP contribution in [0.3, 0.4) is 0 Å². The van der Waals surface area contributed by atoms with Crippen molar-refractivity contribution in [1.29, 1.82) is 0 Å². The fraction of sp³-hybridized carbons (Fsp3) is 0.154. The molecule has 8 heteroatoms. The van der Waals surface area contributed by atoms with Gasteiger partial charge in [-0.05, 0) is 55.3 Å². The molecule has 0 radical (unpaired) electrons. The average Bonchev–Trinajstić information content (AvgIpc) is 3.03. The topological polar surface area (TPSA) is 58.6 Å². The van der Waals surface area contributed by atoms with Gasteiger partial charge in [-0.1, -0.05) is 42.0 Å². The number of carbonyl (C=O) groups is 2. The maximum atomic E-state index is 13.5. The van der Waals surface area contributed by atoms with Crippen LogP contribution in [0, 0.1) is 13.8 Å². The minimum Gasteiger partial charge on any atom is -0.495 e. The van der Waals surface area contributed by atoms with Gasteiger partial charge < -0.3 is 10.1 Å². The lowest BCUT2D eigenvalue weighted by Crippen LogP contribution is -2.32. The SMILES string of the molecule is COc1ccc(C)cc1NC1=C(c2ccc(C)cc2)C(=O)N(c2cccc(C(F)(F)F)c2)C1=O. The highest BCUT2D eigenvalue weighted by molar-refractivity contribution is 6.46. The van der Waals surface area contributed by atoms with Crippen molar-refractivity contribution in [2.75, 3.05) is 17.3 Å². The lowest BCUT2D eigenvalue weighted by Gasteiger charge is -2.17. The highest BCUT2D eigenvalue weighted by atomic mass is 19.4. The van der Waals surface area contributed by atoms with Crippen LogP contribution in [0.4, 0.5) is 24.5 Å². The van der Waals surface area contributed by atoms with Crippen molar-refractivity contribution in [2.45, 2.75) is 20.0 Å². The van der Waals surface area contributed by atoms with E-state index in [2.05, 4.69) is 5.32 Å². The Morgan fingerprint density at radius 3 is 2.18 bits per heavy atom. The molecule has 1 N–H and O–H groups in total. The van der Waals surface area contributed by atoms with Gasteiger partial charge in [0.1, 0.15) is 11.4 Å². The van der Waals surface area contributed by atoms with Gasteiger partial charge in [0.05, 0.1) is 29.6 Å². The largest absolute Gasteiger partial charge is 0.495 e. The van der Waals surface area contributed by atoms with Crippen LogP contribution >= 0.6 is 0 Å². The number of carbonyl (C=O) groups excluding carboxylic acids is 2. The summed E-state index contributed by atoms with van der Waals surface area (Å²) in [4.78, 5) is 27.7.